The maximum Gasteiger partial charge on any atom is 0.407 e. The number of hydrogen-bond acceptors (Lipinski definition) is 10. The predicted molar refractivity (Wildman–Crippen MR) is 179 cm³/mol. The number of rotatable bonds is 7. The standard InChI is InChI=1S/C35H66N4O7/c1-23-16-35(6,42-10)31(46-32-30(40)28(37(7)8)15-25(3)45-32)24(2)17-34(4,5)22-43-21-29(38(9)18-23)26-11-13-39(14-12-26)19-27-20-44-33(41)36-27/h23-32,40H,11-22H2,1-10H3,(H,36,41)/t23-,24-,25-,27-,28+,29-,30-,31-,32+,35-/m1/s1. The summed E-state index contributed by atoms with van der Waals surface area (Å²) in [7, 11) is 8.07. The molecule has 4 heterocycles. The van der Waals surface area contributed by atoms with Gasteiger partial charge < -0.3 is 48.8 Å². The summed E-state index contributed by atoms with van der Waals surface area (Å²) in [5.41, 5.74) is -0.663. The maximum absolute atomic E-state index is 11.5. The summed E-state index contributed by atoms with van der Waals surface area (Å²) in [5.74, 6) is 1.01. The number of piperidine rings is 1. The highest BCUT2D eigenvalue weighted by Crippen LogP contribution is 2.40. The van der Waals surface area contributed by atoms with Crippen molar-refractivity contribution in [3.63, 3.8) is 0 Å². The van der Waals surface area contributed by atoms with Gasteiger partial charge in [-0.15, -0.1) is 0 Å². The Morgan fingerprint density at radius 2 is 1.78 bits per heavy atom. The Morgan fingerprint density at radius 1 is 1.09 bits per heavy atom. The molecule has 11 heteroatoms. The van der Waals surface area contributed by atoms with Gasteiger partial charge in [-0.05, 0) is 103 Å². The maximum atomic E-state index is 11.5. The van der Waals surface area contributed by atoms with Crippen LogP contribution in [-0.4, -0.2) is 148 Å². The Balaban J connectivity index is 1.49. The number of nitrogens with one attached hydrogen (secondary N) is 1. The number of cyclic esters (lactones) is 1. The lowest BCUT2D eigenvalue weighted by Crippen LogP contribution is -2.58. The normalized spacial score (nSPS) is 41.3. The monoisotopic (exact) mass is 654 g/mol. The van der Waals surface area contributed by atoms with Crippen molar-refractivity contribution in [1.82, 2.24) is 20.0 Å². The number of likely N-dealkylation sites (tertiary alicyclic amines) is 1. The average molecular weight is 655 g/mol. The number of carbonyl (C=O) groups is 1. The fourth-order valence-electron chi connectivity index (χ4n) is 8.85. The molecule has 11 nitrogen and oxygen atoms in total. The van der Waals surface area contributed by atoms with Crippen molar-refractivity contribution in [2.45, 2.75) is 122 Å². The predicted octanol–water partition coefficient (Wildman–Crippen LogP) is 3.43. The van der Waals surface area contributed by atoms with E-state index in [1.807, 2.05) is 14.1 Å². The number of ether oxygens (including phenoxy) is 5. The smallest absolute Gasteiger partial charge is 0.407 e. The van der Waals surface area contributed by atoms with Crippen molar-refractivity contribution in [2.24, 2.45) is 23.2 Å². The summed E-state index contributed by atoms with van der Waals surface area (Å²) in [6.07, 6.45) is 2.61. The average Bonchev–Trinajstić information content (AvgIpc) is 3.39. The largest absolute Gasteiger partial charge is 0.447 e. The number of aliphatic hydroxyl groups is 1. The molecule has 0 unspecified atom stereocenters. The molecule has 0 radical (unpaired) electrons. The van der Waals surface area contributed by atoms with E-state index >= 15 is 0 Å². The molecular formula is C35H66N4O7. The third-order valence-corrected chi connectivity index (χ3v) is 11.1. The van der Waals surface area contributed by atoms with E-state index < -0.39 is 18.0 Å². The molecule has 0 aromatic rings. The Labute approximate surface area is 278 Å². The third kappa shape index (κ3) is 9.77. The Morgan fingerprint density at radius 3 is 2.39 bits per heavy atom. The van der Waals surface area contributed by atoms with Gasteiger partial charge in [0.2, 0.25) is 0 Å². The highest BCUT2D eigenvalue weighted by molar-refractivity contribution is 5.69. The van der Waals surface area contributed by atoms with Crippen molar-refractivity contribution in [3.8, 4) is 0 Å². The second-order valence-corrected chi connectivity index (χ2v) is 16.4. The fourth-order valence-corrected chi connectivity index (χ4v) is 8.85. The Bertz CT molecular complexity index is 963. The van der Waals surface area contributed by atoms with Crippen molar-refractivity contribution in [1.29, 1.82) is 0 Å². The highest BCUT2D eigenvalue weighted by atomic mass is 16.7. The first-order chi connectivity index (χ1) is 21.6. The molecule has 4 aliphatic heterocycles. The zero-order valence-electron chi connectivity index (χ0n) is 30.5. The van der Waals surface area contributed by atoms with Crippen LogP contribution in [0, 0.1) is 23.2 Å². The third-order valence-electron chi connectivity index (χ3n) is 11.1. The lowest BCUT2D eigenvalue weighted by molar-refractivity contribution is -0.298. The second kappa shape index (κ2) is 16.1. The van der Waals surface area contributed by atoms with E-state index in [2.05, 4.69) is 68.6 Å². The summed E-state index contributed by atoms with van der Waals surface area (Å²) >= 11 is 0. The molecule has 268 valence electrons. The number of likely N-dealkylation sites (N-methyl/N-ethyl adjacent to an activating group) is 2. The van der Waals surface area contributed by atoms with Crippen LogP contribution in [0.4, 0.5) is 4.79 Å². The van der Waals surface area contributed by atoms with Crippen LogP contribution in [0.15, 0.2) is 0 Å². The molecule has 0 saturated carbocycles. The minimum absolute atomic E-state index is 0.0153. The molecular weight excluding hydrogens is 588 g/mol. The molecule has 10 atom stereocenters. The molecule has 0 aromatic heterocycles. The van der Waals surface area contributed by atoms with Crippen molar-refractivity contribution in [3.05, 3.63) is 0 Å². The second-order valence-electron chi connectivity index (χ2n) is 16.4. The molecule has 1 amide bonds. The van der Waals surface area contributed by atoms with Crippen LogP contribution in [0.1, 0.15) is 73.6 Å². The SMILES string of the molecule is CO[C@]1(C)C[C@@H](C)CN(C)[C@@H](C2CCN(C[C@@H]3COC(=O)N3)CC2)COCC(C)(C)C[C@@H](C)[C@H]1O[C@@H]1O[C@H](C)C[C@H](N(C)C)[C@H]1O. The number of aliphatic hydroxyl groups excluding tert-OH is 1. The highest BCUT2D eigenvalue weighted by Gasteiger charge is 2.47. The van der Waals surface area contributed by atoms with E-state index in [1.165, 1.54) is 0 Å². The number of methoxy groups -OCH3 is 1. The van der Waals surface area contributed by atoms with Gasteiger partial charge in [0.25, 0.3) is 0 Å². The van der Waals surface area contributed by atoms with Crippen LogP contribution in [0.3, 0.4) is 0 Å². The summed E-state index contributed by atoms with van der Waals surface area (Å²) < 4.78 is 31.3. The molecule has 4 aliphatic rings. The summed E-state index contributed by atoms with van der Waals surface area (Å²) in [4.78, 5) is 18.5. The summed E-state index contributed by atoms with van der Waals surface area (Å²) in [5, 5.41) is 14.3. The molecule has 0 bridgehead atoms. The molecule has 0 aromatic carbocycles. The lowest BCUT2D eigenvalue weighted by Gasteiger charge is -2.47. The molecule has 0 spiro atoms. The first-order valence-corrected chi connectivity index (χ1v) is 17.7. The van der Waals surface area contributed by atoms with Crippen molar-refractivity contribution < 1.29 is 33.6 Å². The number of alkyl carbamates (subject to hydrolysis) is 1. The molecule has 4 rings (SSSR count). The van der Waals surface area contributed by atoms with Crippen LogP contribution in [0.25, 0.3) is 0 Å². The van der Waals surface area contributed by atoms with E-state index in [1.54, 1.807) is 7.11 Å². The van der Waals surface area contributed by atoms with Crippen molar-refractivity contribution in [2.75, 3.05) is 74.3 Å². The Kier molecular flexibility index (Phi) is 13.2. The number of nitrogens with zero attached hydrogens (tertiary/aromatic N) is 3. The molecule has 4 saturated heterocycles. The van der Waals surface area contributed by atoms with Crippen LogP contribution in [-0.2, 0) is 23.7 Å². The number of hydrogen-bond donors (Lipinski definition) is 2. The van der Waals surface area contributed by atoms with Gasteiger partial charge in [-0.25, -0.2) is 4.79 Å². The first-order valence-electron chi connectivity index (χ1n) is 17.7. The topological polar surface area (TPSA) is 105 Å². The van der Waals surface area contributed by atoms with Crippen LogP contribution >= 0.6 is 0 Å². The van der Waals surface area contributed by atoms with Crippen LogP contribution in [0.2, 0.25) is 0 Å². The van der Waals surface area contributed by atoms with Gasteiger partial charge in [0, 0.05) is 32.3 Å². The number of carbonyl (C=O) groups excluding carboxylic acids is 1. The minimum Gasteiger partial charge on any atom is -0.447 e. The van der Waals surface area contributed by atoms with Gasteiger partial charge in [0.1, 0.15) is 12.7 Å². The van der Waals surface area contributed by atoms with Gasteiger partial charge in [0.05, 0.1) is 37.1 Å². The quantitative estimate of drug-likeness (QED) is 0.425. The zero-order chi connectivity index (χ0) is 33.8. The van der Waals surface area contributed by atoms with Gasteiger partial charge in [-0.3, -0.25) is 0 Å². The van der Waals surface area contributed by atoms with E-state index in [-0.39, 0.29) is 41.7 Å². The van der Waals surface area contributed by atoms with Gasteiger partial charge >= 0.3 is 6.09 Å². The Hall–Kier alpha value is -1.05. The molecule has 4 fully saturated rings. The summed E-state index contributed by atoms with van der Waals surface area (Å²) in [6.45, 7) is 19.0. The van der Waals surface area contributed by atoms with Crippen molar-refractivity contribution >= 4 is 6.09 Å². The summed E-state index contributed by atoms with van der Waals surface area (Å²) in [6, 6.07) is 0.370. The van der Waals surface area contributed by atoms with E-state index in [0.29, 0.717) is 37.7 Å². The van der Waals surface area contributed by atoms with E-state index in [4.69, 9.17) is 23.7 Å². The molecule has 2 N–H and O–H groups in total. The van der Waals surface area contributed by atoms with E-state index in [9.17, 15) is 9.90 Å². The van der Waals surface area contributed by atoms with Crippen LogP contribution in [0.5, 0.6) is 0 Å². The van der Waals surface area contributed by atoms with Gasteiger partial charge in [0.15, 0.2) is 6.29 Å². The van der Waals surface area contributed by atoms with Gasteiger partial charge in [-0.2, -0.15) is 0 Å². The van der Waals surface area contributed by atoms with E-state index in [0.717, 1.165) is 58.3 Å². The fraction of sp³-hybridized carbons (Fsp3) is 0.971. The number of amides is 1. The zero-order valence-corrected chi connectivity index (χ0v) is 30.5. The molecule has 46 heavy (non-hydrogen) atoms. The van der Waals surface area contributed by atoms with Gasteiger partial charge in [-0.1, -0.05) is 27.7 Å². The first kappa shape index (κ1) is 37.8. The minimum atomic E-state index is -0.749. The lowest BCUT2D eigenvalue weighted by atomic mass is 9.75. The molecule has 0 aliphatic carbocycles. The van der Waals surface area contributed by atoms with Crippen LogP contribution < -0.4 is 5.32 Å².